The molecule has 1 amide bonds. The van der Waals surface area contributed by atoms with Crippen molar-refractivity contribution in [2.45, 2.75) is 13.0 Å². The molecular formula is C15H19NO5. The molecule has 21 heavy (non-hydrogen) atoms. The van der Waals surface area contributed by atoms with Gasteiger partial charge in [-0.3, -0.25) is 9.59 Å². The van der Waals surface area contributed by atoms with Crippen LogP contribution in [0.5, 0.6) is 0 Å². The molecule has 0 N–H and O–H groups in total. The number of ether oxygens (including phenoxy) is 2. The molecule has 6 nitrogen and oxygen atoms in total. The Labute approximate surface area is 123 Å². The Hall–Kier alpha value is -2.21. The lowest BCUT2D eigenvalue weighted by Gasteiger charge is -2.27. The fourth-order valence-electron chi connectivity index (χ4n) is 1.89. The average Bonchev–Trinajstić information content (AvgIpc) is 2.50. The minimum atomic E-state index is -0.940. The van der Waals surface area contributed by atoms with E-state index in [0.717, 1.165) is 4.90 Å². The lowest BCUT2D eigenvalue weighted by Crippen LogP contribution is -2.49. The van der Waals surface area contributed by atoms with Crippen LogP contribution < -0.4 is 0 Å². The first-order chi connectivity index (χ1) is 10.0. The van der Waals surface area contributed by atoms with Crippen LogP contribution in [0.15, 0.2) is 30.3 Å². The van der Waals surface area contributed by atoms with Gasteiger partial charge in [0.1, 0.15) is 0 Å². The molecule has 0 fully saturated rings. The largest absolute Gasteiger partial charge is 0.467 e. The third-order valence-electron chi connectivity index (χ3n) is 2.99. The Morgan fingerprint density at radius 3 is 2.24 bits per heavy atom. The van der Waals surface area contributed by atoms with Gasteiger partial charge >= 0.3 is 5.97 Å². The smallest absolute Gasteiger partial charge is 0.331 e. The van der Waals surface area contributed by atoms with E-state index in [1.54, 1.807) is 30.3 Å². The van der Waals surface area contributed by atoms with E-state index in [1.807, 2.05) is 0 Å². The summed E-state index contributed by atoms with van der Waals surface area (Å²) in [6.45, 7) is 1.06. The fourth-order valence-corrected chi connectivity index (χ4v) is 1.89. The summed E-state index contributed by atoms with van der Waals surface area (Å²) in [4.78, 5) is 36.9. The Bertz CT molecular complexity index is 500. The molecular weight excluding hydrogens is 274 g/mol. The van der Waals surface area contributed by atoms with E-state index in [9.17, 15) is 14.4 Å². The predicted octanol–water partition coefficient (Wildman–Crippen LogP) is 0.906. The number of benzene rings is 1. The van der Waals surface area contributed by atoms with E-state index < -0.39 is 17.9 Å². The Balaban J connectivity index is 2.92. The number of nitrogens with zero attached hydrogens (tertiary/aromatic N) is 1. The summed E-state index contributed by atoms with van der Waals surface area (Å²) in [6, 6.07) is 7.64. The van der Waals surface area contributed by atoms with Gasteiger partial charge < -0.3 is 14.4 Å². The molecule has 1 aromatic carbocycles. The van der Waals surface area contributed by atoms with Crippen molar-refractivity contribution in [1.82, 2.24) is 4.90 Å². The Kier molecular flexibility index (Phi) is 6.55. The number of amides is 1. The summed E-state index contributed by atoms with van der Waals surface area (Å²) >= 11 is 0. The van der Waals surface area contributed by atoms with Gasteiger partial charge in [0, 0.05) is 19.6 Å². The van der Waals surface area contributed by atoms with Gasteiger partial charge in [-0.2, -0.15) is 0 Å². The first kappa shape index (κ1) is 16.8. The summed E-state index contributed by atoms with van der Waals surface area (Å²) in [5, 5.41) is 0. The number of rotatable bonds is 7. The summed E-state index contributed by atoms with van der Waals surface area (Å²) < 4.78 is 9.60. The van der Waals surface area contributed by atoms with Crippen LogP contribution in [0.1, 0.15) is 17.3 Å². The van der Waals surface area contributed by atoms with Crippen molar-refractivity contribution in [3.8, 4) is 0 Å². The van der Waals surface area contributed by atoms with Crippen molar-refractivity contribution in [3.63, 3.8) is 0 Å². The Morgan fingerprint density at radius 1 is 1.14 bits per heavy atom. The molecule has 6 heteroatoms. The predicted molar refractivity (Wildman–Crippen MR) is 75.8 cm³/mol. The molecule has 1 aromatic rings. The van der Waals surface area contributed by atoms with Crippen molar-refractivity contribution in [2.75, 3.05) is 27.4 Å². The van der Waals surface area contributed by atoms with Crippen LogP contribution in [-0.4, -0.2) is 56.0 Å². The van der Waals surface area contributed by atoms with Crippen molar-refractivity contribution < 1.29 is 23.9 Å². The molecule has 0 aliphatic heterocycles. The molecule has 0 saturated carbocycles. The maximum absolute atomic E-state index is 12.2. The zero-order chi connectivity index (χ0) is 15.8. The maximum Gasteiger partial charge on any atom is 0.331 e. The van der Waals surface area contributed by atoms with Crippen LogP contribution in [0.25, 0.3) is 0 Å². The summed E-state index contributed by atoms with van der Waals surface area (Å²) in [5.41, 5.74) is 0.477. The number of ketones is 1. The van der Waals surface area contributed by atoms with Gasteiger partial charge in [0.2, 0.25) is 5.91 Å². The number of hydrogen-bond donors (Lipinski definition) is 0. The zero-order valence-corrected chi connectivity index (χ0v) is 12.4. The van der Waals surface area contributed by atoms with Gasteiger partial charge in [0.05, 0.1) is 20.3 Å². The summed E-state index contributed by atoms with van der Waals surface area (Å²) in [5.74, 6) is -1.27. The summed E-state index contributed by atoms with van der Waals surface area (Å²) in [7, 11) is 2.63. The van der Waals surface area contributed by atoms with Crippen LogP contribution in [-0.2, 0) is 19.1 Å². The van der Waals surface area contributed by atoms with Crippen LogP contribution in [0.3, 0.4) is 0 Å². The number of Topliss-reactive ketones (excluding diaryl/α,β-unsaturated/α-hetero) is 1. The number of carbonyl (C=O) groups is 3. The van der Waals surface area contributed by atoms with E-state index in [0.29, 0.717) is 5.56 Å². The normalized spacial score (nSPS) is 11.6. The molecule has 0 aliphatic carbocycles. The first-order valence-corrected chi connectivity index (χ1v) is 6.43. The Morgan fingerprint density at radius 2 is 1.76 bits per heavy atom. The van der Waals surface area contributed by atoms with Crippen LogP contribution in [0.4, 0.5) is 0 Å². The van der Waals surface area contributed by atoms with Crippen LogP contribution >= 0.6 is 0 Å². The van der Waals surface area contributed by atoms with Crippen molar-refractivity contribution in [1.29, 1.82) is 0 Å². The minimum absolute atomic E-state index is 0.0334. The molecule has 0 spiro atoms. The van der Waals surface area contributed by atoms with E-state index in [1.165, 1.54) is 21.1 Å². The highest BCUT2D eigenvalue weighted by atomic mass is 16.5. The molecule has 0 radical (unpaired) electrons. The lowest BCUT2D eigenvalue weighted by molar-refractivity contribution is -0.154. The number of hydrogen-bond acceptors (Lipinski definition) is 5. The van der Waals surface area contributed by atoms with Crippen LogP contribution in [0, 0.1) is 0 Å². The number of esters is 1. The number of methoxy groups -OCH3 is 2. The highest BCUT2D eigenvalue weighted by Gasteiger charge is 2.30. The monoisotopic (exact) mass is 293 g/mol. The van der Waals surface area contributed by atoms with Gasteiger partial charge in [0.25, 0.3) is 0 Å². The topological polar surface area (TPSA) is 72.9 Å². The second kappa shape index (κ2) is 8.16. The van der Waals surface area contributed by atoms with Gasteiger partial charge in [-0.15, -0.1) is 0 Å². The quantitative estimate of drug-likeness (QED) is 0.552. The van der Waals surface area contributed by atoms with Crippen molar-refractivity contribution in [3.05, 3.63) is 35.9 Å². The highest BCUT2D eigenvalue weighted by Crippen LogP contribution is 2.08. The molecule has 0 aliphatic rings. The average molecular weight is 293 g/mol. The SMILES string of the molecule is COCC(C(=O)OC)N(CC(=O)c1ccccc1)C(C)=O. The highest BCUT2D eigenvalue weighted by molar-refractivity contribution is 5.99. The van der Waals surface area contributed by atoms with Crippen molar-refractivity contribution >= 4 is 17.7 Å². The molecule has 0 aromatic heterocycles. The molecule has 0 saturated heterocycles. The molecule has 114 valence electrons. The molecule has 1 unspecified atom stereocenters. The van der Waals surface area contributed by atoms with Gasteiger partial charge in [-0.25, -0.2) is 4.79 Å². The molecule has 0 heterocycles. The first-order valence-electron chi connectivity index (χ1n) is 6.43. The molecule has 1 rings (SSSR count). The van der Waals surface area contributed by atoms with Gasteiger partial charge in [0.15, 0.2) is 11.8 Å². The third kappa shape index (κ3) is 4.68. The maximum atomic E-state index is 12.2. The molecule has 0 bridgehead atoms. The lowest BCUT2D eigenvalue weighted by atomic mass is 10.1. The second-order valence-electron chi connectivity index (χ2n) is 4.43. The van der Waals surface area contributed by atoms with Gasteiger partial charge in [-0.05, 0) is 0 Å². The van der Waals surface area contributed by atoms with E-state index in [-0.39, 0.29) is 18.9 Å². The van der Waals surface area contributed by atoms with Gasteiger partial charge in [-0.1, -0.05) is 30.3 Å². The van der Waals surface area contributed by atoms with Crippen LogP contribution in [0.2, 0.25) is 0 Å². The summed E-state index contributed by atoms with van der Waals surface area (Å²) in [6.07, 6.45) is 0. The van der Waals surface area contributed by atoms with E-state index in [2.05, 4.69) is 4.74 Å². The van der Waals surface area contributed by atoms with E-state index >= 15 is 0 Å². The number of carbonyl (C=O) groups excluding carboxylic acids is 3. The molecule has 1 atom stereocenters. The van der Waals surface area contributed by atoms with Crippen molar-refractivity contribution in [2.24, 2.45) is 0 Å². The second-order valence-corrected chi connectivity index (χ2v) is 4.43. The standard InChI is InChI=1S/C15H19NO5/c1-11(17)16(13(10-20-2)15(19)21-3)9-14(18)12-7-5-4-6-8-12/h4-8,13H,9-10H2,1-3H3. The zero-order valence-electron chi connectivity index (χ0n) is 12.4. The fraction of sp³-hybridized carbons (Fsp3) is 0.400. The third-order valence-corrected chi connectivity index (χ3v) is 2.99. The van der Waals surface area contributed by atoms with E-state index in [4.69, 9.17) is 4.74 Å². The minimum Gasteiger partial charge on any atom is -0.467 e.